The lowest BCUT2D eigenvalue weighted by molar-refractivity contribution is 0.487. The van der Waals surface area contributed by atoms with E-state index in [-0.39, 0.29) is 16.3 Å². The first kappa shape index (κ1) is 15.2. The van der Waals surface area contributed by atoms with Gasteiger partial charge in [-0.3, -0.25) is 0 Å². The monoisotopic (exact) mass is 327 g/mol. The Morgan fingerprint density at radius 3 is 2.30 bits per heavy atom. The van der Waals surface area contributed by atoms with Crippen LogP contribution in [0.4, 0.5) is 5.69 Å². The molecule has 0 bridgehead atoms. The zero-order valence-electron chi connectivity index (χ0n) is 12.3. The molecule has 0 aliphatic heterocycles. The van der Waals surface area contributed by atoms with Gasteiger partial charge in [-0.1, -0.05) is 48.0 Å². The van der Waals surface area contributed by atoms with Gasteiger partial charge in [-0.25, -0.2) is 0 Å². The first-order valence-electron chi connectivity index (χ1n) is 6.87. The molecule has 23 heavy (non-hydrogen) atoms. The summed E-state index contributed by atoms with van der Waals surface area (Å²) in [6.45, 7) is 1.86. The lowest BCUT2D eigenvalue weighted by Gasteiger charge is -2.10. The van der Waals surface area contributed by atoms with Crippen LogP contribution in [-0.2, 0) is 10.1 Å². The third kappa shape index (κ3) is 2.93. The van der Waals surface area contributed by atoms with Crippen molar-refractivity contribution in [1.29, 1.82) is 0 Å². The second kappa shape index (κ2) is 5.81. The summed E-state index contributed by atoms with van der Waals surface area (Å²) in [7, 11) is -4.03. The molecule has 0 fully saturated rings. The van der Waals surface area contributed by atoms with Crippen LogP contribution in [0.2, 0.25) is 0 Å². The van der Waals surface area contributed by atoms with Gasteiger partial charge in [-0.05, 0) is 35.7 Å². The Morgan fingerprint density at radius 1 is 0.913 bits per heavy atom. The van der Waals surface area contributed by atoms with Gasteiger partial charge in [0.25, 0.3) is 0 Å². The molecule has 0 aromatic heterocycles. The van der Waals surface area contributed by atoms with E-state index in [0.717, 1.165) is 10.9 Å². The number of nitrogens with zero attached hydrogens (tertiary/aromatic N) is 1. The maximum atomic E-state index is 12.4. The van der Waals surface area contributed by atoms with Crippen LogP contribution in [0.25, 0.3) is 10.8 Å². The van der Waals surface area contributed by atoms with Gasteiger partial charge in [0.05, 0.1) is 0 Å². The van der Waals surface area contributed by atoms with Gasteiger partial charge >= 0.3 is 10.1 Å². The molecule has 0 amide bonds. The maximum Gasteiger partial charge on any atom is 0.339 e. The standard InChI is InChI=1S/C17H13NO4S/c1-12-6-9-14(10-7-12)23(20,21)22-16-11-8-13-4-2-3-5-15(13)17(16)18-19/h2-11H,1H3. The van der Waals surface area contributed by atoms with Gasteiger partial charge in [0.2, 0.25) is 0 Å². The van der Waals surface area contributed by atoms with Crippen molar-refractivity contribution in [3.8, 4) is 5.75 Å². The number of benzene rings is 3. The van der Waals surface area contributed by atoms with E-state index in [4.69, 9.17) is 4.18 Å². The largest absolute Gasteiger partial charge is 0.376 e. The normalized spacial score (nSPS) is 11.3. The molecule has 6 heteroatoms. The predicted molar refractivity (Wildman–Crippen MR) is 88.4 cm³/mol. The third-order valence-corrected chi connectivity index (χ3v) is 4.71. The van der Waals surface area contributed by atoms with E-state index >= 15 is 0 Å². The van der Waals surface area contributed by atoms with Crippen molar-refractivity contribution in [3.05, 3.63) is 71.1 Å². The van der Waals surface area contributed by atoms with Crippen molar-refractivity contribution in [2.24, 2.45) is 5.18 Å². The molecular weight excluding hydrogens is 314 g/mol. The molecule has 0 aliphatic rings. The summed E-state index contributed by atoms with van der Waals surface area (Å²) in [5, 5.41) is 4.27. The van der Waals surface area contributed by atoms with E-state index < -0.39 is 10.1 Å². The molecule has 0 saturated heterocycles. The van der Waals surface area contributed by atoms with Crippen LogP contribution in [0.3, 0.4) is 0 Å². The molecule has 116 valence electrons. The Kier molecular flexibility index (Phi) is 3.83. The quantitative estimate of drug-likeness (QED) is 0.528. The summed E-state index contributed by atoms with van der Waals surface area (Å²) in [6, 6.07) is 16.5. The molecule has 3 aromatic rings. The van der Waals surface area contributed by atoms with Gasteiger partial charge in [-0.2, -0.15) is 8.42 Å². The van der Waals surface area contributed by atoms with Gasteiger partial charge in [0.15, 0.2) is 11.4 Å². The van der Waals surface area contributed by atoms with E-state index in [1.807, 2.05) is 19.1 Å². The lowest BCUT2D eigenvalue weighted by Crippen LogP contribution is -2.09. The Morgan fingerprint density at radius 2 is 1.61 bits per heavy atom. The van der Waals surface area contributed by atoms with Gasteiger partial charge in [-0.15, -0.1) is 4.91 Å². The van der Waals surface area contributed by atoms with Gasteiger partial charge < -0.3 is 4.18 Å². The fraction of sp³-hybridized carbons (Fsp3) is 0.0588. The molecule has 0 unspecified atom stereocenters. The molecule has 0 atom stereocenters. The average Bonchev–Trinajstić information content (AvgIpc) is 2.55. The van der Waals surface area contributed by atoms with Crippen LogP contribution in [-0.4, -0.2) is 8.42 Å². The predicted octanol–water partition coefficient (Wildman–Crippen LogP) is 4.31. The maximum absolute atomic E-state index is 12.4. The number of rotatable bonds is 4. The highest BCUT2D eigenvalue weighted by atomic mass is 32.2. The molecule has 0 spiro atoms. The van der Waals surface area contributed by atoms with E-state index in [1.54, 1.807) is 30.3 Å². The molecule has 0 radical (unpaired) electrons. The van der Waals surface area contributed by atoms with E-state index in [9.17, 15) is 13.3 Å². The molecule has 0 aliphatic carbocycles. The van der Waals surface area contributed by atoms with Gasteiger partial charge in [0.1, 0.15) is 4.90 Å². The zero-order chi connectivity index (χ0) is 16.4. The molecular formula is C17H13NO4S. The molecule has 5 nitrogen and oxygen atoms in total. The summed E-state index contributed by atoms with van der Waals surface area (Å²) in [5.41, 5.74) is 0.906. The highest BCUT2D eigenvalue weighted by molar-refractivity contribution is 7.87. The zero-order valence-corrected chi connectivity index (χ0v) is 13.1. The summed E-state index contributed by atoms with van der Waals surface area (Å²) in [6.07, 6.45) is 0. The fourth-order valence-corrected chi connectivity index (χ4v) is 3.20. The smallest absolute Gasteiger partial charge is 0.339 e. The number of hydrogen-bond acceptors (Lipinski definition) is 5. The number of aryl methyl sites for hydroxylation is 1. The molecule has 0 saturated carbocycles. The van der Waals surface area contributed by atoms with Crippen LogP contribution in [0.5, 0.6) is 5.75 Å². The van der Waals surface area contributed by atoms with Crippen LogP contribution in [0.1, 0.15) is 5.56 Å². The van der Waals surface area contributed by atoms with Gasteiger partial charge in [0, 0.05) is 5.39 Å². The van der Waals surface area contributed by atoms with Crippen molar-refractivity contribution >= 4 is 26.6 Å². The number of hydrogen-bond donors (Lipinski definition) is 0. The average molecular weight is 327 g/mol. The minimum atomic E-state index is -4.03. The highest BCUT2D eigenvalue weighted by Gasteiger charge is 2.20. The summed E-state index contributed by atoms with van der Waals surface area (Å²) in [4.78, 5) is 11.2. The second-order valence-corrected chi connectivity index (χ2v) is 6.62. The fourth-order valence-electron chi connectivity index (χ4n) is 2.27. The minimum Gasteiger partial charge on any atom is -0.376 e. The molecule has 0 N–H and O–H groups in total. The Bertz CT molecular complexity index is 979. The molecule has 0 heterocycles. The number of fused-ring (bicyclic) bond motifs is 1. The Balaban J connectivity index is 2.07. The van der Waals surface area contributed by atoms with E-state index in [0.29, 0.717) is 5.39 Å². The van der Waals surface area contributed by atoms with Crippen LogP contribution >= 0.6 is 0 Å². The third-order valence-electron chi connectivity index (χ3n) is 3.46. The van der Waals surface area contributed by atoms with Crippen LogP contribution < -0.4 is 4.18 Å². The Hall–Kier alpha value is -2.73. The van der Waals surface area contributed by atoms with E-state index in [2.05, 4.69) is 5.18 Å². The van der Waals surface area contributed by atoms with Crippen molar-refractivity contribution in [3.63, 3.8) is 0 Å². The van der Waals surface area contributed by atoms with Crippen molar-refractivity contribution in [2.45, 2.75) is 11.8 Å². The van der Waals surface area contributed by atoms with Crippen molar-refractivity contribution in [2.75, 3.05) is 0 Å². The summed E-state index contributed by atoms with van der Waals surface area (Å²) < 4.78 is 29.8. The Labute approximate surface area is 133 Å². The molecule has 3 rings (SSSR count). The first-order chi connectivity index (χ1) is 11.0. The topological polar surface area (TPSA) is 72.8 Å². The summed E-state index contributed by atoms with van der Waals surface area (Å²) in [5.74, 6) is -0.0840. The summed E-state index contributed by atoms with van der Waals surface area (Å²) >= 11 is 0. The SMILES string of the molecule is Cc1ccc(S(=O)(=O)Oc2ccc3ccccc3c2N=O)cc1. The lowest BCUT2D eigenvalue weighted by atomic mass is 10.1. The number of nitroso groups, excluding NO2 is 1. The second-order valence-electron chi connectivity index (χ2n) is 5.08. The van der Waals surface area contributed by atoms with Crippen molar-refractivity contribution < 1.29 is 12.6 Å². The van der Waals surface area contributed by atoms with Crippen LogP contribution in [0.15, 0.2) is 70.7 Å². The first-order valence-corrected chi connectivity index (χ1v) is 8.28. The minimum absolute atomic E-state index is 0.0214. The molecule has 3 aromatic carbocycles. The van der Waals surface area contributed by atoms with Crippen molar-refractivity contribution in [1.82, 2.24) is 0 Å². The highest BCUT2D eigenvalue weighted by Crippen LogP contribution is 2.37. The van der Waals surface area contributed by atoms with E-state index in [1.165, 1.54) is 18.2 Å². The van der Waals surface area contributed by atoms with Crippen LogP contribution in [0, 0.1) is 11.8 Å².